The molecule has 0 saturated heterocycles. The van der Waals surface area contributed by atoms with Crippen molar-refractivity contribution in [2.75, 3.05) is 19.3 Å². The summed E-state index contributed by atoms with van der Waals surface area (Å²) in [5.41, 5.74) is 5.93. The predicted molar refractivity (Wildman–Crippen MR) is 90.2 cm³/mol. The smallest absolute Gasteiger partial charge is 0.242 e. The van der Waals surface area contributed by atoms with Gasteiger partial charge in [-0.3, -0.25) is 0 Å². The predicted octanol–water partition coefficient (Wildman–Crippen LogP) is 2.07. The van der Waals surface area contributed by atoms with Gasteiger partial charge in [0.05, 0.1) is 11.6 Å². The number of nitrogens with one attached hydrogen (secondary N) is 1. The van der Waals surface area contributed by atoms with Gasteiger partial charge in [-0.05, 0) is 38.3 Å². The molecule has 0 aromatic heterocycles. The molecule has 0 bridgehead atoms. The van der Waals surface area contributed by atoms with E-state index >= 15 is 0 Å². The van der Waals surface area contributed by atoms with E-state index in [1.807, 2.05) is 20.1 Å². The molecule has 0 heterocycles. The maximum absolute atomic E-state index is 12.3. The number of halogens is 1. The van der Waals surface area contributed by atoms with Crippen molar-refractivity contribution < 1.29 is 8.42 Å². The van der Waals surface area contributed by atoms with E-state index in [0.29, 0.717) is 12.1 Å². The minimum atomic E-state index is -3.64. The maximum atomic E-state index is 12.3. The van der Waals surface area contributed by atoms with Crippen molar-refractivity contribution in [2.45, 2.75) is 23.5 Å². The minimum absolute atomic E-state index is 0.0550. The lowest BCUT2D eigenvalue weighted by Gasteiger charge is -2.22. The van der Waals surface area contributed by atoms with E-state index in [1.165, 1.54) is 12.1 Å². The third kappa shape index (κ3) is 5.53. The third-order valence-electron chi connectivity index (χ3n) is 2.80. The quantitative estimate of drug-likeness (QED) is 0.800. The van der Waals surface area contributed by atoms with E-state index < -0.39 is 10.0 Å². The summed E-state index contributed by atoms with van der Waals surface area (Å²) in [5.74, 6) is 5.51. The van der Waals surface area contributed by atoms with Crippen LogP contribution in [0.5, 0.6) is 0 Å². The summed E-state index contributed by atoms with van der Waals surface area (Å²) in [6, 6.07) is 4.60. The number of benzene rings is 1. The molecule has 0 aliphatic heterocycles. The fourth-order valence-corrected chi connectivity index (χ4v) is 3.43. The average Bonchev–Trinajstić information content (AvgIpc) is 2.43. The Bertz CT molecular complexity index is 661. The SMILES string of the molecule is CSC(C)(C)CNS(=O)(=O)c1ccc(C#CCN)cc1Cl. The number of thioether (sulfide) groups is 1. The maximum Gasteiger partial charge on any atom is 0.242 e. The van der Waals surface area contributed by atoms with Crippen molar-refractivity contribution in [3.8, 4) is 11.8 Å². The second-order valence-corrected chi connectivity index (χ2v) is 8.60. The third-order valence-corrected chi connectivity index (χ3v) is 5.93. The summed E-state index contributed by atoms with van der Waals surface area (Å²) in [7, 11) is -3.64. The van der Waals surface area contributed by atoms with Crippen LogP contribution in [-0.4, -0.2) is 32.5 Å². The van der Waals surface area contributed by atoms with Gasteiger partial charge >= 0.3 is 0 Å². The van der Waals surface area contributed by atoms with Crippen molar-refractivity contribution >= 4 is 33.4 Å². The van der Waals surface area contributed by atoms with Crippen LogP contribution in [0.3, 0.4) is 0 Å². The molecule has 3 N–H and O–H groups in total. The second-order valence-electron chi connectivity index (χ2n) is 4.94. The summed E-state index contributed by atoms with van der Waals surface area (Å²) < 4.78 is 27.0. The van der Waals surface area contributed by atoms with Gasteiger partial charge in [0, 0.05) is 16.9 Å². The van der Waals surface area contributed by atoms with Crippen molar-refractivity contribution in [3.63, 3.8) is 0 Å². The van der Waals surface area contributed by atoms with Crippen molar-refractivity contribution in [1.82, 2.24) is 4.72 Å². The van der Waals surface area contributed by atoms with Crippen LogP contribution >= 0.6 is 23.4 Å². The first-order valence-electron chi connectivity index (χ1n) is 6.25. The van der Waals surface area contributed by atoms with E-state index in [1.54, 1.807) is 17.8 Å². The largest absolute Gasteiger partial charge is 0.320 e. The van der Waals surface area contributed by atoms with Gasteiger partial charge in [0.2, 0.25) is 10.0 Å². The van der Waals surface area contributed by atoms with Crippen LogP contribution in [-0.2, 0) is 10.0 Å². The second kappa shape index (κ2) is 7.52. The van der Waals surface area contributed by atoms with Gasteiger partial charge < -0.3 is 5.73 Å². The van der Waals surface area contributed by atoms with Crippen LogP contribution in [0.4, 0.5) is 0 Å². The summed E-state index contributed by atoms with van der Waals surface area (Å²) in [6.07, 6.45) is 1.94. The minimum Gasteiger partial charge on any atom is -0.320 e. The molecule has 0 amide bonds. The van der Waals surface area contributed by atoms with Crippen LogP contribution in [0.25, 0.3) is 0 Å². The highest BCUT2D eigenvalue weighted by molar-refractivity contribution is 8.00. The molecule has 0 saturated carbocycles. The molecule has 21 heavy (non-hydrogen) atoms. The van der Waals surface area contributed by atoms with Crippen LogP contribution in [0.2, 0.25) is 5.02 Å². The molecule has 7 heteroatoms. The standard InChI is InChI=1S/C14H19ClN2O2S2/c1-14(2,20-3)10-17-21(18,19)13-7-6-11(5-4-8-16)9-12(13)15/h6-7,9,17H,8,10,16H2,1-3H3. The number of hydrogen-bond donors (Lipinski definition) is 2. The fourth-order valence-electron chi connectivity index (χ4n) is 1.37. The van der Waals surface area contributed by atoms with E-state index in [0.717, 1.165) is 0 Å². The van der Waals surface area contributed by atoms with Gasteiger partial charge in [-0.25, -0.2) is 13.1 Å². The fraction of sp³-hybridized carbons (Fsp3) is 0.429. The molecule has 4 nitrogen and oxygen atoms in total. The zero-order chi connectivity index (χ0) is 16.1. The molecule has 0 fully saturated rings. The highest BCUT2D eigenvalue weighted by Gasteiger charge is 2.23. The molecular formula is C14H19ClN2O2S2. The van der Waals surface area contributed by atoms with Gasteiger partial charge in [-0.2, -0.15) is 11.8 Å². The Hall–Kier alpha value is -0.710. The summed E-state index contributed by atoms with van der Waals surface area (Å²) in [6.45, 7) is 4.49. The number of hydrogen-bond acceptors (Lipinski definition) is 4. The van der Waals surface area contributed by atoms with Crippen LogP contribution in [0.1, 0.15) is 19.4 Å². The molecule has 0 atom stereocenters. The molecule has 1 aromatic carbocycles. The topological polar surface area (TPSA) is 72.2 Å². The van der Waals surface area contributed by atoms with Gasteiger partial charge in [0.1, 0.15) is 4.90 Å². The molecule has 0 unspecified atom stereocenters. The lowest BCUT2D eigenvalue weighted by Crippen LogP contribution is -2.36. The molecule has 0 spiro atoms. The lowest BCUT2D eigenvalue weighted by molar-refractivity contribution is 0.571. The van der Waals surface area contributed by atoms with Crippen molar-refractivity contribution in [2.24, 2.45) is 5.73 Å². The van der Waals surface area contributed by atoms with Crippen LogP contribution < -0.4 is 10.5 Å². The van der Waals surface area contributed by atoms with Gasteiger partial charge in [-0.15, -0.1) is 0 Å². The monoisotopic (exact) mass is 346 g/mol. The lowest BCUT2D eigenvalue weighted by atomic mass is 10.2. The molecule has 1 aromatic rings. The number of sulfonamides is 1. The Morgan fingerprint density at radius 3 is 2.62 bits per heavy atom. The van der Waals surface area contributed by atoms with Crippen LogP contribution in [0, 0.1) is 11.8 Å². The van der Waals surface area contributed by atoms with Gasteiger partial charge in [0.25, 0.3) is 0 Å². The molecule has 0 aliphatic rings. The zero-order valence-electron chi connectivity index (χ0n) is 12.2. The van der Waals surface area contributed by atoms with Crippen molar-refractivity contribution in [1.29, 1.82) is 0 Å². The van der Waals surface area contributed by atoms with E-state index in [2.05, 4.69) is 16.6 Å². The average molecular weight is 347 g/mol. The Labute approximate surface area is 135 Å². The Balaban J connectivity index is 2.99. The summed E-state index contributed by atoms with van der Waals surface area (Å²) >= 11 is 7.64. The van der Waals surface area contributed by atoms with Gasteiger partial charge in [-0.1, -0.05) is 23.4 Å². The number of rotatable bonds is 5. The van der Waals surface area contributed by atoms with Gasteiger partial charge in [0.15, 0.2) is 0 Å². The number of nitrogens with two attached hydrogens (primary N) is 1. The molecule has 0 radical (unpaired) electrons. The van der Waals surface area contributed by atoms with E-state index in [-0.39, 0.29) is 21.2 Å². The highest BCUT2D eigenvalue weighted by atomic mass is 35.5. The zero-order valence-corrected chi connectivity index (χ0v) is 14.6. The van der Waals surface area contributed by atoms with E-state index in [4.69, 9.17) is 17.3 Å². The highest BCUT2D eigenvalue weighted by Crippen LogP contribution is 2.24. The first kappa shape index (κ1) is 18.3. The summed E-state index contributed by atoms with van der Waals surface area (Å²) in [4.78, 5) is 0.0550. The Morgan fingerprint density at radius 2 is 2.10 bits per heavy atom. The Kier molecular flexibility index (Phi) is 6.57. The Morgan fingerprint density at radius 1 is 1.43 bits per heavy atom. The first-order valence-corrected chi connectivity index (χ1v) is 9.34. The first-order chi connectivity index (χ1) is 9.72. The summed E-state index contributed by atoms with van der Waals surface area (Å²) in [5, 5.41) is 0.147. The molecule has 116 valence electrons. The van der Waals surface area contributed by atoms with Crippen LogP contribution in [0.15, 0.2) is 23.1 Å². The van der Waals surface area contributed by atoms with Crippen molar-refractivity contribution in [3.05, 3.63) is 28.8 Å². The molecule has 0 aliphatic carbocycles. The molecule has 1 rings (SSSR count). The van der Waals surface area contributed by atoms with E-state index in [9.17, 15) is 8.42 Å². The normalized spacial score (nSPS) is 11.9. The molecular weight excluding hydrogens is 328 g/mol.